The van der Waals surface area contributed by atoms with Gasteiger partial charge in [-0.05, 0) is 17.2 Å². The number of carbonyl (C=O) groups is 1. The van der Waals surface area contributed by atoms with Gasteiger partial charge in [0.05, 0.1) is 0 Å². The van der Waals surface area contributed by atoms with E-state index in [-0.39, 0.29) is 5.78 Å². The zero-order chi connectivity index (χ0) is 17.7. The van der Waals surface area contributed by atoms with Crippen molar-refractivity contribution in [1.29, 1.82) is 0 Å². The van der Waals surface area contributed by atoms with Gasteiger partial charge in [-0.2, -0.15) is 0 Å². The molecule has 0 saturated heterocycles. The van der Waals surface area contributed by atoms with Gasteiger partial charge in [-0.3, -0.25) is 4.79 Å². The molecule has 1 aromatic heterocycles. The van der Waals surface area contributed by atoms with Crippen molar-refractivity contribution < 1.29 is 4.79 Å². The Morgan fingerprint density at radius 2 is 1.19 bits per heavy atom. The number of hydrogen-bond acceptors (Lipinski definition) is 2. The average Bonchev–Trinajstić information content (AvgIpc) is 3.21. The second-order valence-corrected chi connectivity index (χ2v) is 7.66. The van der Waals surface area contributed by atoms with Crippen LogP contribution in [-0.2, 0) is 0 Å². The molecule has 0 amide bonds. The molecule has 3 heteroatoms. The van der Waals surface area contributed by atoms with Gasteiger partial charge in [0.15, 0.2) is 5.78 Å². The third kappa shape index (κ3) is 2.20. The third-order valence-corrected chi connectivity index (χ3v) is 6.32. The van der Waals surface area contributed by atoms with E-state index in [1.165, 1.54) is 0 Å². The summed E-state index contributed by atoms with van der Waals surface area (Å²) in [5.74, 6) is 0.0646. The molecule has 0 fully saturated rings. The second kappa shape index (κ2) is 5.94. The van der Waals surface area contributed by atoms with E-state index in [0.29, 0.717) is 10.6 Å². The highest BCUT2D eigenvalue weighted by Crippen LogP contribution is 2.54. The van der Waals surface area contributed by atoms with Crippen molar-refractivity contribution in [2.45, 2.75) is 0 Å². The summed E-state index contributed by atoms with van der Waals surface area (Å²) in [5.41, 5.74) is 5.50. The Morgan fingerprint density at radius 1 is 0.615 bits per heavy atom. The minimum absolute atomic E-state index is 0.0646. The molecular formula is C23H13ClOS. The van der Waals surface area contributed by atoms with E-state index in [2.05, 4.69) is 24.3 Å². The highest BCUT2D eigenvalue weighted by Gasteiger charge is 2.36. The maximum atomic E-state index is 13.2. The van der Waals surface area contributed by atoms with Crippen molar-refractivity contribution >= 4 is 28.7 Å². The monoisotopic (exact) mass is 372 g/mol. The Morgan fingerprint density at radius 3 is 1.81 bits per heavy atom. The van der Waals surface area contributed by atoms with Crippen LogP contribution in [0.2, 0.25) is 5.02 Å². The van der Waals surface area contributed by atoms with Crippen LogP contribution < -0.4 is 0 Å². The molecule has 3 aromatic carbocycles. The molecule has 1 aliphatic carbocycles. The van der Waals surface area contributed by atoms with E-state index in [0.717, 1.165) is 37.6 Å². The van der Waals surface area contributed by atoms with Gasteiger partial charge in [0.2, 0.25) is 0 Å². The van der Waals surface area contributed by atoms with E-state index >= 15 is 0 Å². The van der Waals surface area contributed by atoms with Gasteiger partial charge in [0.25, 0.3) is 0 Å². The molecular weight excluding hydrogens is 360 g/mol. The summed E-state index contributed by atoms with van der Waals surface area (Å²) in [7, 11) is 0. The largest absolute Gasteiger partial charge is 0.289 e. The van der Waals surface area contributed by atoms with Crippen molar-refractivity contribution in [1.82, 2.24) is 0 Å². The molecule has 4 aromatic rings. The molecule has 0 unspecified atom stereocenters. The third-order valence-electron chi connectivity index (χ3n) is 4.72. The van der Waals surface area contributed by atoms with Crippen LogP contribution >= 0.6 is 22.9 Å². The van der Waals surface area contributed by atoms with Gasteiger partial charge in [-0.15, -0.1) is 11.3 Å². The maximum Gasteiger partial charge on any atom is 0.195 e. The van der Waals surface area contributed by atoms with E-state index in [9.17, 15) is 4.79 Å². The fourth-order valence-electron chi connectivity index (χ4n) is 3.57. The summed E-state index contributed by atoms with van der Waals surface area (Å²) in [6, 6.07) is 25.9. The molecule has 0 bridgehead atoms. The summed E-state index contributed by atoms with van der Waals surface area (Å²) in [4.78, 5) is 15.3. The number of fused-ring (bicyclic) bond motifs is 3. The van der Waals surface area contributed by atoms with Crippen LogP contribution in [0.25, 0.3) is 32.0 Å². The first-order chi connectivity index (χ1) is 12.8. The van der Waals surface area contributed by atoms with Gasteiger partial charge in [-0.1, -0.05) is 84.4 Å². The maximum absolute atomic E-state index is 13.2. The predicted molar refractivity (Wildman–Crippen MR) is 109 cm³/mol. The van der Waals surface area contributed by atoms with Crippen LogP contribution in [-0.4, -0.2) is 5.78 Å². The molecule has 5 rings (SSSR count). The lowest BCUT2D eigenvalue weighted by Crippen LogP contribution is -1.95. The van der Waals surface area contributed by atoms with Crippen molar-refractivity contribution in [2.75, 3.05) is 0 Å². The van der Waals surface area contributed by atoms with Crippen LogP contribution in [0, 0.1) is 0 Å². The van der Waals surface area contributed by atoms with E-state index < -0.39 is 0 Å². The van der Waals surface area contributed by atoms with Gasteiger partial charge >= 0.3 is 0 Å². The summed E-state index contributed by atoms with van der Waals surface area (Å²) >= 11 is 8.19. The molecule has 1 nitrogen and oxygen atoms in total. The molecule has 0 atom stereocenters. The molecule has 0 aliphatic heterocycles. The van der Waals surface area contributed by atoms with Crippen molar-refractivity contribution in [3.63, 3.8) is 0 Å². The van der Waals surface area contributed by atoms with Crippen LogP contribution in [0.1, 0.15) is 15.9 Å². The van der Waals surface area contributed by atoms with Crippen LogP contribution in [0.3, 0.4) is 0 Å². The number of hydrogen-bond donors (Lipinski definition) is 0. The zero-order valence-corrected chi connectivity index (χ0v) is 15.3. The number of rotatable bonds is 2. The Labute approximate surface area is 160 Å². The first-order valence-electron chi connectivity index (χ1n) is 8.37. The number of ketones is 1. The molecule has 0 radical (unpaired) electrons. The number of carbonyl (C=O) groups excluding carboxylic acids is 1. The highest BCUT2D eigenvalue weighted by atomic mass is 35.5. The Hall–Kier alpha value is -2.68. The zero-order valence-electron chi connectivity index (χ0n) is 13.7. The smallest absolute Gasteiger partial charge is 0.195 e. The van der Waals surface area contributed by atoms with Crippen molar-refractivity contribution in [3.8, 4) is 32.0 Å². The summed E-state index contributed by atoms with van der Waals surface area (Å²) in [6.07, 6.45) is 0. The van der Waals surface area contributed by atoms with E-state index in [1.54, 1.807) is 11.3 Å². The average molecular weight is 373 g/mol. The van der Waals surface area contributed by atoms with Crippen LogP contribution in [0.4, 0.5) is 0 Å². The fraction of sp³-hybridized carbons (Fsp3) is 0. The van der Waals surface area contributed by atoms with Gasteiger partial charge in [0.1, 0.15) is 0 Å². The van der Waals surface area contributed by atoms with Gasteiger partial charge in [-0.25, -0.2) is 0 Å². The normalized spacial score (nSPS) is 12.1. The topological polar surface area (TPSA) is 17.1 Å². The lowest BCUT2D eigenvalue weighted by molar-refractivity contribution is 0.104. The minimum Gasteiger partial charge on any atom is -0.289 e. The fourth-order valence-corrected chi connectivity index (χ4v) is 5.16. The summed E-state index contributed by atoms with van der Waals surface area (Å²) in [5, 5.41) is 0.629. The Balaban J connectivity index is 1.89. The number of halogens is 1. The van der Waals surface area contributed by atoms with Gasteiger partial charge < -0.3 is 0 Å². The number of benzene rings is 3. The van der Waals surface area contributed by atoms with E-state index in [4.69, 9.17) is 11.6 Å². The Bertz CT molecular complexity index is 1140. The highest BCUT2D eigenvalue weighted by molar-refractivity contribution is 7.20. The lowest BCUT2D eigenvalue weighted by Gasteiger charge is -2.05. The molecule has 0 N–H and O–H groups in total. The minimum atomic E-state index is 0.0646. The standard InChI is InChI=1S/C23H13ClOS/c24-17-13-7-12-16-18(17)19-20(21(16)25)23(15-10-5-2-6-11-15)26-22(19)14-8-3-1-4-9-14/h1-13H. The molecule has 1 heterocycles. The van der Waals surface area contributed by atoms with Gasteiger partial charge in [0, 0.05) is 37.0 Å². The van der Waals surface area contributed by atoms with Crippen LogP contribution in [0.15, 0.2) is 78.9 Å². The first-order valence-corrected chi connectivity index (χ1v) is 9.56. The molecule has 1 aliphatic rings. The lowest BCUT2D eigenvalue weighted by atomic mass is 10.0. The molecule has 0 saturated carbocycles. The summed E-state index contributed by atoms with van der Waals surface area (Å²) < 4.78 is 0. The molecule has 26 heavy (non-hydrogen) atoms. The Kier molecular flexibility index (Phi) is 3.56. The SMILES string of the molecule is O=C1c2cccc(Cl)c2-c2c(-c3ccccc3)sc(-c3ccccc3)c21. The quantitative estimate of drug-likeness (QED) is 0.327. The summed E-state index contributed by atoms with van der Waals surface area (Å²) in [6.45, 7) is 0. The van der Waals surface area contributed by atoms with Crippen molar-refractivity contribution in [3.05, 3.63) is 95.0 Å². The molecule has 0 spiro atoms. The van der Waals surface area contributed by atoms with E-state index in [1.807, 2.05) is 54.6 Å². The predicted octanol–water partition coefficient (Wildman–Crippen LogP) is 6.95. The number of thiophene rings is 1. The second-order valence-electron chi connectivity index (χ2n) is 6.23. The molecule has 124 valence electrons. The first kappa shape index (κ1) is 15.6. The van der Waals surface area contributed by atoms with Crippen LogP contribution in [0.5, 0.6) is 0 Å². The van der Waals surface area contributed by atoms with Crippen molar-refractivity contribution in [2.24, 2.45) is 0 Å².